The Kier molecular flexibility index (Phi) is 2.36. The van der Waals surface area contributed by atoms with E-state index in [1.54, 1.807) is 0 Å². The zero-order chi connectivity index (χ0) is 9.26. The van der Waals surface area contributed by atoms with Gasteiger partial charge in [0.15, 0.2) is 0 Å². The molecule has 1 aliphatic heterocycles. The minimum atomic E-state index is -0.697. The molecule has 0 spiro atoms. The first-order valence-corrected chi connectivity index (χ1v) is 4.52. The van der Waals surface area contributed by atoms with Gasteiger partial charge >= 0.3 is 0 Å². The molecule has 3 heteroatoms. The van der Waals surface area contributed by atoms with Crippen molar-refractivity contribution in [1.82, 2.24) is 5.32 Å². The third-order valence-electron chi connectivity index (χ3n) is 2.12. The van der Waals surface area contributed by atoms with Crippen LogP contribution in [-0.4, -0.2) is 17.9 Å². The summed E-state index contributed by atoms with van der Waals surface area (Å²) in [4.78, 5) is 0. The highest BCUT2D eigenvalue weighted by Gasteiger charge is 2.21. The van der Waals surface area contributed by atoms with Crippen molar-refractivity contribution in [2.75, 3.05) is 6.54 Å². The van der Waals surface area contributed by atoms with Crippen molar-refractivity contribution in [3.63, 3.8) is 0 Å². The molecule has 0 saturated carbocycles. The van der Waals surface area contributed by atoms with Gasteiger partial charge in [0.2, 0.25) is 0 Å². The molecule has 1 aromatic rings. The van der Waals surface area contributed by atoms with E-state index < -0.39 is 6.23 Å². The van der Waals surface area contributed by atoms with Gasteiger partial charge in [-0.15, -0.1) is 0 Å². The highest BCUT2D eigenvalue weighted by atomic mass is 35.5. The summed E-state index contributed by atoms with van der Waals surface area (Å²) in [5, 5.41) is 12.7. The third-order valence-corrected chi connectivity index (χ3v) is 2.56. The van der Waals surface area contributed by atoms with E-state index in [9.17, 15) is 5.11 Å². The fourth-order valence-corrected chi connectivity index (χ4v) is 1.67. The molecule has 1 atom stereocenters. The van der Waals surface area contributed by atoms with Gasteiger partial charge in [-0.3, -0.25) is 5.32 Å². The van der Waals surface area contributed by atoms with Crippen LogP contribution in [0.1, 0.15) is 5.56 Å². The second-order valence-corrected chi connectivity index (χ2v) is 3.38. The maximum absolute atomic E-state index is 9.33. The number of aliphatic hydroxyl groups is 1. The van der Waals surface area contributed by atoms with Crippen LogP contribution in [0, 0.1) is 0 Å². The van der Waals surface area contributed by atoms with Gasteiger partial charge in [-0.2, -0.15) is 0 Å². The minimum Gasteiger partial charge on any atom is -0.373 e. The molecular weight excluding hydrogens is 186 g/mol. The van der Waals surface area contributed by atoms with Gasteiger partial charge in [0.25, 0.3) is 0 Å². The van der Waals surface area contributed by atoms with Gasteiger partial charge in [0.05, 0.1) is 5.03 Å². The maximum Gasteiger partial charge on any atom is 0.142 e. The predicted octanol–water partition coefficient (Wildman–Crippen LogP) is 1.56. The monoisotopic (exact) mass is 195 g/mol. The Balaban J connectivity index is 2.38. The van der Waals surface area contributed by atoms with E-state index in [0.29, 0.717) is 11.6 Å². The van der Waals surface area contributed by atoms with Crippen LogP contribution in [0.25, 0.3) is 5.57 Å². The lowest BCUT2D eigenvalue weighted by Gasteiger charge is -2.01. The topological polar surface area (TPSA) is 32.3 Å². The summed E-state index contributed by atoms with van der Waals surface area (Å²) in [6.45, 7) is 0.629. The number of hydrogen-bond acceptors (Lipinski definition) is 2. The second-order valence-electron chi connectivity index (χ2n) is 2.98. The minimum absolute atomic E-state index is 0.506. The average molecular weight is 196 g/mol. The summed E-state index contributed by atoms with van der Waals surface area (Å²) in [6, 6.07) is 9.83. The summed E-state index contributed by atoms with van der Waals surface area (Å²) in [6.07, 6.45) is -0.697. The molecule has 0 fully saturated rings. The number of hydrogen-bond donors (Lipinski definition) is 2. The molecule has 1 heterocycles. The second kappa shape index (κ2) is 3.50. The van der Waals surface area contributed by atoms with Gasteiger partial charge in [0, 0.05) is 6.54 Å². The molecular formula is C10H10ClNO. The third kappa shape index (κ3) is 1.61. The van der Waals surface area contributed by atoms with Crippen LogP contribution in [0.3, 0.4) is 0 Å². The molecule has 2 rings (SSSR count). The molecule has 1 unspecified atom stereocenters. The summed E-state index contributed by atoms with van der Waals surface area (Å²) in [7, 11) is 0. The lowest BCUT2D eigenvalue weighted by atomic mass is 10.1. The van der Waals surface area contributed by atoms with Crippen LogP contribution in [0.2, 0.25) is 0 Å². The molecule has 13 heavy (non-hydrogen) atoms. The van der Waals surface area contributed by atoms with E-state index in [0.717, 1.165) is 11.1 Å². The van der Waals surface area contributed by atoms with Gasteiger partial charge in [-0.05, 0) is 11.1 Å². The largest absolute Gasteiger partial charge is 0.373 e. The molecule has 0 aliphatic carbocycles. The normalized spacial score (nSPS) is 22.5. The van der Waals surface area contributed by atoms with Gasteiger partial charge in [0.1, 0.15) is 6.23 Å². The van der Waals surface area contributed by atoms with Gasteiger partial charge in [-0.1, -0.05) is 41.9 Å². The molecule has 1 aromatic carbocycles. The zero-order valence-electron chi connectivity index (χ0n) is 7.00. The Bertz CT molecular complexity index is 334. The molecule has 68 valence electrons. The lowest BCUT2D eigenvalue weighted by molar-refractivity contribution is 0.195. The van der Waals surface area contributed by atoms with E-state index in [-0.39, 0.29) is 0 Å². The first-order chi connectivity index (χ1) is 6.29. The van der Waals surface area contributed by atoms with E-state index in [4.69, 9.17) is 11.6 Å². The molecule has 0 amide bonds. The Labute approximate surface area is 81.8 Å². The Morgan fingerprint density at radius 2 is 2.00 bits per heavy atom. The van der Waals surface area contributed by atoms with Crippen LogP contribution in [0.4, 0.5) is 0 Å². The summed E-state index contributed by atoms with van der Waals surface area (Å²) < 4.78 is 0. The summed E-state index contributed by atoms with van der Waals surface area (Å²) in [5.41, 5.74) is 2.05. The number of aliphatic hydroxyl groups excluding tert-OH is 1. The maximum atomic E-state index is 9.33. The molecule has 1 aliphatic rings. The fraction of sp³-hybridized carbons (Fsp3) is 0.200. The predicted molar refractivity (Wildman–Crippen MR) is 53.2 cm³/mol. The molecule has 0 saturated heterocycles. The van der Waals surface area contributed by atoms with E-state index >= 15 is 0 Å². The van der Waals surface area contributed by atoms with Crippen molar-refractivity contribution >= 4 is 17.2 Å². The van der Waals surface area contributed by atoms with E-state index in [1.165, 1.54) is 0 Å². The number of nitrogens with one attached hydrogen (secondary N) is 1. The Morgan fingerprint density at radius 3 is 2.54 bits per heavy atom. The fourth-order valence-electron chi connectivity index (χ4n) is 1.42. The van der Waals surface area contributed by atoms with Crippen LogP contribution in [0.5, 0.6) is 0 Å². The summed E-state index contributed by atoms with van der Waals surface area (Å²) in [5.74, 6) is 0. The van der Waals surface area contributed by atoms with Crippen molar-refractivity contribution in [2.45, 2.75) is 6.23 Å². The molecule has 0 radical (unpaired) electrons. The Morgan fingerprint density at radius 1 is 1.31 bits per heavy atom. The van der Waals surface area contributed by atoms with Crippen molar-refractivity contribution in [3.05, 3.63) is 40.9 Å². The summed E-state index contributed by atoms with van der Waals surface area (Å²) >= 11 is 5.93. The van der Waals surface area contributed by atoms with Gasteiger partial charge < -0.3 is 5.11 Å². The number of rotatable bonds is 1. The highest BCUT2D eigenvalue weighted by Crippen LogP contribution is 2.26. The highest BCUT2D eigenvalue weighted by molar-refractivity contribution is 6.33. The van der Waals surface area contributed by atoms with E-state index in [2.05, 4.69) is 5.32 Å². The average Bonchev–Trinajstić information content (AvgIpc) is 2.49. The molecule has 2 N–H and O–H groups in total. The van der Waals surface area contributed by atoms with Crippen LogP contribution in [0.15, 0.2) is 35.4 Å². The van der Waals surface area contributed by atoms with Crippen molar-refractivity contribution in [2.24, 2.45) is 0 Å². The molecule has 0 aromatic heterocycles. The first-order valence-electron chi connectivity index (χ1n) is 4.14. The van der Waals surface area contributed by atoms with Crippen molar-refractivity contribution in [1.29, 1.82) is 0 Å². The SMILES string of the molecule is OC1NCC(c2ccccc2)=C1Cl. The van der Waals surface area contributed by atoms with Crippen LogP contribution < -0.4 is 5.32 Å². The van der Waals surface area contributed by atoms with Crippen molar-refractivity contribution < 1.29 is 5.11 Å². The van der Waals surface area contributed by atoms with Crippen LogP contribution in [-0.2, 0) is 0 Å². The zero-order valence-corrected chi connectivity index (χ0v) is 7.75. The molecule has 0 bridgehead atoms. The van der Waals surface area contributed by atoms with Crippen molar-refractivity contribution in [3.8, 4) is 0 Å². The van der Waals surface area contributed by atoms with Gasteiger partial charge in [-0.25, -0.2) is 0 Å². The van der Waals surface area contributed by atoms with Crippen LogP contribution >= 0.6 is 11.6 Å². The lowest BCUT2D eigenvalue weighted by Crippen LogP contribution is -2.22. The standard InChI is InChI=1S/C10H10ClNO/c11-9-8(6-12-10(9)13)7-4-2-1-3-5-7/h1-5,10,12-13H,6H2. The quantitative estimate of drug-likeness (QED) is 0.713. The first kappa shape index (κ1) is 8.75. The van der Waals surface area contributed by atoms with E-state index in [1.807, 2.05) is 30.3 Å². The number of benzene rings is 1. The molecule has 2 nitrogen and oxygen atoms in total. The Hall–Kier alpha value is -0.830. The smallest absolute Gasteiger partial charge is 0.142 e. The number of halogens is 1.